The van der Waals surface area contributed by atoms with Gasteiger partial charge in [-0.3, -0.25) is 0 Å². The zero-order valence-corrected chi connectivity index (χ0v) is 13.1. The average Bonchev–Trinajstić information content (AvgIpc) is 3.26. The molecule has 4 rings (SSSR count). The van der Waals surface area contributed by atoms with Gasteiger partial charge in [0.15, 0.2) is 0 Å². The van der Waals surface area contributed by atoms with Gasteiger partial charge in [0.25, 0.3) is 5.71 Å². The monoisotopic (exact) mass is 320 g/mol. The lowest BCUT2D eigenvalue weighted by Gasteiger charge is -2.20. The van der Waals surface area contributed by atoms with Crippen LogP contribution in [-0.2, 0) is 6.54 Å². The third kappa shape index (κ3) is 2.71. The molecule has 7 heteroatoms. The number of fused-ring (bicyclic) bond motifs is 1. The van der Waals surface area contributed by atoms with Crippen LogP contribution in [0.25, 0.3) is 11.1 Å². The van der Waals surface area contributed by atoms with Crippen LogP contribution < -0.4 is 5.32 Å². The van der Waals surface area contributed by atoms with Gasteiger partial charge in [0, 0.05) is 18.9 Å². The van der Waals surface area contributed by atoms with Crippen molar-refractivity contribution in [2.45, 2.75) is 19.5 Å². The Bertz CT molecular complexity index is 932. The summed E-state index contributed by atoms with van der Waals surface area (Å²) in [6.45, 7) is 2.60. The first-order chi connectivity index (χ1) is 11.8. The Kier molecular flexibility index (Phi) is 3.66. The second kappa shape index (κ2) is 6.11. The predicted octanol–water partition coefficient (Wildman–Crippen LogP) is 2.98. The largest absolute Gasteiger partial charge is 0.361 e. The molecule has 24 heavy (non-hydrogen) atoms. The van der Waals surface area contributed by atoms with Gasteiger partial charge in [-0.25, -0.2) is 9.97 Å². The fourth-order valence-electron chi connectivity index (χ4n) is 2.72. The van der Waals surface area contributed by atoms with Crippen molar-refractivity contribution in [1.29, 1.82) is 0 Å². The highest BCUT2D eigenvalue weighted by Crippen LogP contribution is 2.27. The molecule has 0 aliphatic rings. The van der Waals surface area contributed by atoms with Crippen molar-refractivity contribution in [3.05, 3.63) is 66.6 Å². The molecule has 0 saturated heterocycles. The van der Waals surface area contributed by atoms with Gasteiger partial charge in [-0.1, -0.05) is 35.5 Å². The van der Waals surface area contributed by atoms with Gasteiger partial charge in [-0.05, 0) is 12.5 Å². The number of imidazole rings is 1. The first kappa shape index (κ1) is 14.4. The Morgan fingerprint density at radius 3 is 2.88 bits per heavy atom. The highest BCUT2D eigenvalue weighted by Gasteiger charge is 2.17. The van der Waals surface area contributed by atoms with Crippen molar-refractivity contribution in [1.82, 2.24) is 24.7 Å². The Balaban J connectivity index is 1.72. The third-order valence-electron chi connectivity index (χ3n) is 3.91. The van der Waals surface area contributed by atoms with Crippen molar-refractivity contribution in [2.24, 2.45) is 0 Å². The summed E-state index contributed by atoms with van der Waals surface area (Å²) < 4.78 is 7.26. The molecule has 4 aromatic rings. The summed E-state index contributed by atoms with van der Waals surface area (Å²) in [6, 6.07) is 10.3. The molecule has 0 bridgehead atoms. The first-order valence-corrected chi connectivity index (χ1v) is 7.65. The number of hydrogen-bond donors (Lipinski definition) is 1. The van der Waals surface area contributed by atoms with Crippen LogP contribution >= 0.6 is 0 Å². The van der Waals surface area contributed by atoms with E-state index < -0.39 is 0 Å². The van der Waals surface area contributed by atoms with Gasteiger partial charge in [0.2, 0.25) is 0 Å². The van der Waals surface area contributed by atoms with Gasteiger partial charge in [0.05, 0.1) is 18.1 Å². The zero-order chi connectivity index (χ0) is 16.4. The van der Waals surface area contributed by atoms with Crippen LogP contribution in [0.15, 0.2) is 59.9 Å². The second-order valence-electron chi connectivity index (χ2n) is 5.54. The summed E-state index contributed by atoms with van der Waals surface area (Å²) >= 11 is 0. The maximum atomic E-state index is 5.23. The molecule has 0 aliphatic heterocycles. The molecular formula is C17H16N6O. The maximum absolute atomic E-state index is 5.23. The molecular weight excluding hydrogens is 304 g/mol. The molecule has 1 N–H and O–H groups in total. The van der Waals surface area contributed by atoms with Gasteiger partial charge < -0.3 is 14.4 Å². The van der Waals surface area contributed by atoms with Crippen LogP contribution in [-0.4, -0.2) is 24.7 Å². The van der Waals surface area contributed by atoms with Crippen LogP contribution in [0.5, 0.6) is 0 Å². The Morgan fingerprint density at radius 2 is 2.08 bits per heavy atom. The van der Waals surface area contributed by atoms with Crippen molar-refractivity contribution in [3.63, 3.8) is 0 Å². The van der Waals surface area contributed by atoms with Crippen LogP contribution in [0, 0.1) is 6.92 Å². The molecule has 120 valence electrons. The lowest BCUT2D eigenvalue weighted by atomic mass is 10.1. The summed E-state index contributed by atoms with van der Waals surface area (Å²) in [7, 11) is 0. The minimum atomic E-state index is 0.0211. The molecule has 0 spiro atoms. The van der Waals surface area contributed by atoms with Crippen molar-refractivity contribution < 1.29 is 4.52 Å². The van der Waals surface area contributed by atoms with Crippen LogP contribution in [0.1, 0.15) is 17.3 Å². The van der Waals surface area contributed by atoms with Crippen LogP contribution in [0.2, 0.25) is 0 Å². The minimum Gasteiger partial charge on any atom is -0.361 e. The molecule has 0 amide bonds. The number of nitrogens with one attached hydrogen (secondary N) is 1. The van der Waals surface area contributed by atoms with Gasteiger partial charge in [0.1, 0.15) is 17.5 Å². The van der Waals surface area contributed by atoms with E-state index in [2.05, 4.69) is 37.6 Å². The van der Waals surface area contributed by atoms with E-state index in [1.807, 2.05) is 35.9 Å². The van der Waals surface area contributed by atoms with Gasteiger partial charge in [-0.2, -0.15) is 4.98 Å². The van der Waals surface area contributed by atoms with Crippen LogP contribution in [0.4, 0.5) is 5.82 Å². The lowest BCUT2D eigenvalue weighted by molar-refractivity contribution is 0.442. The number of benzene rings is 1. The van der Waals surface area contributed by atoms with Crippen molar-refractivity contribution >= 4 is 16.9 Å². The number of anilines is 1. The van der Waals surface area contributed by atoms with Gasteiger partial charge >= 0.3 is 0 Å². The molecule has 7 nitrogen and oxygen atoms in total. The predicted molar refractivity (Wildman–Crippen MR) is 89.4 cm³/mol. The number of rotatable bonds is 5. The molecule has 1 atom stereocenters. The molecule has 1 unspecified atom stereocenters. The number of aromatic nitrogens is 5. The Morgan fingerprint density at radius 1 is 1.21 bits per heavy atom. The minimum absolute atomic E-state index is 0.0211. The lowest BCUT2D eigenvalue weighted by Crippen LogP contribution is -2.18. The Labute approximate surface area is 138 Å². The third-order valence-corrected chi connectivity index (χ3v) is 3.91. The summed E-state index contributed by atoms with van der Waals surface area (Å²) in [5.74, 6) is 0.715. The van der Waals surface area contributed by atoms with E-state index in [0.29, 0.717) is 11.5 Å². The van der Waals surface area contributed by atoms with E-state index >= 15 is 0 Å². The molecule has 0 fully saturated rings. The van der Waals surface area contributed by atoms with E-state index in [1.54, 1.807) is 12.5 Å². The Hall–Kier alpha value is -3.22. The molecule has 3 heterocycles. The SMILES string of the molecule is Cc1noc2ncnc(NC(Cn3ccnc3)c3ccccc3)c12. The molecule has 0 saturated carbocycles. The number of hydrogen-bond acceptors (Lipinski definition) is 6. The standard InChI is InChI=1S/C17H16N6O/c1-12-15-16(19-10-20-17(15)24-22-12)21-14(9-23-8-7-18-11-23)13-5-3-2-4-6-13/h2-8,10-11,14H,9H2,1H3,(H,19,20,21). The topological polar surface area (TPSA) is 81.7 Å². The van der Waals surface area contributed by atoms with E-state index in [4.69, 9.17) is 4.52 Å². The highest BCUT2D eigenvalue weighted by atomic mass is 16.5. The summed E-state index contributed by atoms with van der Waals surface area (Å²) in [4.78, 5) is 12.6. The van der Waals surface area contributed by atoms with Crippen molar-refractivity contribution in [2.75, 3.05) is 5.32 Å². The van der Waals surface area contributed by atoms with Gasteiger partial charge in [-0.15, -0.1) is 0 Å². The van der Waals surface area contributed by atoms with E-state index in [0.717, 1.165) is 23.2 Å². The van der Waals surface area contributed by atoms with E-state index in [-0.39, 0.29) is 6.04 Å². The quantitative estimate of drug-likeness (QED) is 0.609. The normalized spacial score (nSPS) is 12.4. The fraction of sp³-hybridized carbons (Fsp3) is 0.176. The number of aryl methyl sites for hydroxylation is 1. The zero-order valence-electron chi connectivity index (χ0n) is 13.1. The fourth-order valence-corrected chi connectivity index (χ4v) is 2.72. The van der Waals surface area contributed by atoms with E-state index in [1.165, 1.54) is 6.33 Å². The summed E-state index contributed by atoms with van der Waals surface area (Å²) in [5.41, 5.74) is 2.41. The average molecular weight is 320 g/mol. The summed E-state index contributed by atoms with van der Waals surface area (Å²) in [6.07, 6.45) is 7.00. The highest BCUT2D eigenvalue weighted by molar-refractivity contribution is 5.87. The number of nitrogens with zero attached hydrogens (tertiary/aromatic N) is 5. The first-order valence-electron chi connectivity index (χ1n) is 7.65. The second-order valence-corrected chi connectivity index (χ2v) is 5.54. The maximum Gasteiger partial charge on any atom is 0.263 e. The van der Waals surface area contributed by atoms with Crippen molar-refractivity contribution in [3.8, 4) is 0 Å². The van der Waals surface area contributed by atoms with Crippen LogP contribution in [0.3, 0.4) is 0 Å². The molecule has 0 aliphatic carbocycles. The molecule has 0 radical (unpaired) electrons. The molecule has 1 aromatic carbocycles. The smallest absolute Gasteiger partial charge is 0.263 e. The van der Waals surface area contributed by atoms with E-state index in [9.17, 15) is 0 Å². The molecule has 3 aromatic heterocycles. The summed E-state index contributed by atoms with van der Waals surface area (Å²) in [5, 5.41) is 8.29.